The monoisotopic (exact) mass is 296 g/mol. The van der Waals surface area contributed by atoms with Gasteiger partial charge in [0.15, 0.2) is 0 Å². The zero-order valence-electron chi connectivity index (χ0n) is 9.59. The molecule has 90 valence electrons. The van der Waals surface area contributed by atoms with Crippen LogP contribution in [0.25, 0.3) is 0 Å². The van der Waals surface area contributed by atoms with E-state index in [9.17, 15) is 9.59 Å². The van der Waals surface area contributed by atoms with Crippen molar-refractivity contribution in [2.45, 2.75) is 26.2 Å². The molecular weight excluding hydrogens is 284 g/mol. The van der Waals surface area contributed by atoms with E-state index in [1.165, 1.54) is 0 Å². The summed E-state index contributed by atoms with van der Waals surface area (Å²) < 4.78 is 5.59. The first-order valence-corrected chi connectivity index (χ1v) is 6.45. The standard InChI is InChI=1S/C13H13BrO3/c1-2-17-13(16)12(15)11-7-9(14)6-8-4-3-5-10(8)11/h6-7H,2-5H2,1H3. The quantitative estimate of drug-likeness (QED) is 0.489. The first-order chi connectivity index (χ1) is 8.13. The second-order valence-corrected chi connectivity index (χ2v) is 4.91. The Hall–Kier alpha value is -1.16. The van der Waals surface area contributed by atoms with Gasteiger partial charge in [-0.25, -0.2) is 4.79 Å². The number of carbonyl (C=O) groups is 2. The summed E-state index contributed by atoms with van der Waals surface area (Å²) in [4.78, 5) is 23.4. The Bertz CT molecular complexity index is 480. The van der Waals surface area contributed by atoms with Crippen molar-refractivity contribution in [2.24, 2.45) is 0 Å². The molecule has 3 nitrogen and oxygen atoms in total. The van der Waals surface area contributed by atoms with E-state index in [-0.39, 0.29) is 6.61 Å². The van der Waals surface area contributed by atoms with Gasteiger partial charge in [-0.05, 0) is 49.4 Å². The average Bonchev–Trinajstić information content (AvgIpc) is 2.75. The van der Waals surface area contributed by atoms with E-state index in [1.54, 1.807) is 13.0 Å². The minimum Gasteiger partial charge on any atom is -0.460 e. The van der Waals surface area contributed by atoms with Gasteiger partial charge in [0, 0.05) is 10.0 Å². The summed E-state index contributed by atoms with van der Waals surface area (Å²) in [7, 11) is 0. The maximum Gasteiger partial charge on any atom is 0.379 e. The van der Waals surface area contributed by atoms with Crippen LogP contribution in [-0.2, 0) is 22.4 Å². The molecular formula is C13H13BrO3. The Balaban J connectivity index is 2.39. The van der Waals surface area contributed by atoms with Gasteiger partial charge in [-0.3, -0.25) is 4.79 Å². The van der Waals surface area contributed by atoms with E-state index in [2.05, 4.69) is 15.9 Å². The molecule has 0 N–H and O–H groups in total. The lowest BCUT2D eigenvalue weighted by Crippen LogP contribution is -2.19. The number of aryl methyl sites for hydroxylation is 1. The van der Waals surface area contributed by atoms with Crippen molar-refractivity contribution < 1.29 is 14.3 Å². The Morgan fingerprint density at radius 1 is 1.35 bits per heavy atom. The van der Waals surface area contributed by atoms with Crippen LogP contribution in [0.2, 0.25) is 0 Å². The number of halogens is 1. The number of hydrogen-bond acceptors (Lipinski definition) is 3. The fourth-order valence-corrected chi connectivity index (χ4v) is 2.68. The molecule has 0 amide bonds. The third-order valence-electron chi connectivity index (χ3n) is 2.89. The Kier molecular flexibility index (Phi) is 3.62. The summed E-state index contributed by atoms with van der Waals surface area (Å²) in [6.45, 7) is 1.91. The summed E-state index contributed by atoms with van der Waals surface area (Å²) in [5.41, 5.74) is 2.66. The van der Waals surface area contributed by atoms with Crippen molar-refractivity contribution in [1.82, 2.24) is 0 Å². The topological polar surface area (TPSA) is 43.4 Å². The number of ether oxygens (including phenoxy) is 1. The van der Waals surface area contributed by atoms with Crippen molar-refractivity contribution in [1.29, 1.82) is 0 Å². The summed E-state index contributed by atoms with van der Waals surface area (Å²) >= 11 is 3.37. The van der Waals surface area contributed by atoms with Gasteiger partial charge in [0.05, 0.1) is 6.61 Å². The first kappa shape index (κ1) is 12.3. The first-order valence-electron chi connectivity index (χ1n) is 5.66. The molecule has 0 heterocycles. The molecule has 0 saturated heterocycles. The predicted octanol–water partition coefficient (Wildman–Crippen LogP) is 2.68. The summed E-state index contributed by atoms with van der Waals surface area (Å²) in [5, 5.41) is 0. The summed E-state index contributed by atoms with van der Waals surface area (Å²) in [6.07, 6.45) is 2.87. The van der Waals surface area contributed by atoms with Crippen molar-refractivity contribution >= 4 is 27.7 Å². The van der Waals surface area contributed by atoms with Gasteiger partial charge < -0.3 is 4.74 Å². The molecule has 2 rings (SSSR count). The highest BCUT2D eigenvalue weighted by Gasteiger charge is 2.25. The highest BCUT2D eigenvalue weighted by atomic mass is 79.9. The van der Waals surface area contributed by atoms with Crippen molar-refractivity contribution in [3.63, 3.8) is 0 Å². The lowest BCUT2D eigenvalue weighted by Gasteiger charge is -2.08. The lowest BCUT2D eigenvalue weighted by molar-refractivity contribution is -0.137. The Labute approximate surface area is 108 Å². The zero-order valence-corrected chi connectivity index (χ0v) is 11.2. The minimum absolute atomic E-state index is 0.223. The molecule has 17 heavy (non-hydrogen) atoms. The van der Waals surface area contributed by atoms with Crippen LogP contribution in [0.4, 0.5) is 0 Å². The van der Waals surface area contributed by atoms with E-state index in [0.717, 1.165) is 34.9 Å². The van der Waals surface area contributed by atoms with Gasteiger partial charge in [-0.15, -0.1) is 0 Å². The van der Waals surface area contributed by atoms with Crippen molar-refractivity contribution in [3.8, 4) is 0 Å². The van der Waals surface area contributed by atoms with Gasteiger partial charge in [0.25, 0.3) is 5.78 Å². The third kappa shape index (κ3) is 2.41. The van der Waals surface area contributed by atoms with Gasteiger partial charge in [-0.2, -0.15) is 0 Å². The molecule has 1 aliphatic carbocycles. The van der Waals surface area contributed by atoms with Crippen molar-refractivity contribution in [3.05, 3.63) is 33.3 Å². The number of fused-ring (bicyclic) bond motifs is 1. The molecule has 0 atom stereocenters. The van der Waals surface area contributed by atoms with Crippen LogP contribution in [0.3, 0.4) is 0 Å². The lowest BCUT2D eigenvalue weighted by atomic mass is 10.00. The zero-order chi connectivity index (χ0) is 12.4. The number of rotatable bonds is 3. The van der Waals surface area contributed by atoms with Crippen LogP contribution in [0.1, 0.15) is 34.8 Å². The Morgan fingerprint density at radius 2 is 2.12 bits per heavy atom. The average molecular weight is 297 g/mol. The molecule has 0 fully saturated rings. The number of hydrogen-bond donors (Lipinski definition) is 0. The summed E-state index contributed by atoms with van der Waals surface area (Å²) in [6, 6.07) is 3.73. The molecule has 0 radical (unpaired) electrons. The van der Waals surface area contributed by atoms with E-state index in [1.807, 2.05) is 6.07 Å². The number of esters is 1. The van der Waals surface area contributed by atoms with Crippen LogP contribution in [0.5, 0.6) is 0 Å². The molecule has 0 aromatic heterocycles. The summed E-state index contributed by atoms with van der Waals surface area (Å²) in [5.74, 6) is -1.30. The minimum atomic E-state index is -0.764. The van der Waals surface area contributed by atoms with E-state index < -0.39 is 11.8 Å². The maximum atomic E-state index is 12.0. The second-order valence-electron chi connectivity index (χ2n) is 3.99. The normalized spacial score (nSPS) is 13.3. The van der Waals surface area contributed by atoms with Crippen LogP contribution in [0.15, 0.2) is 16.6 Å². The van der Waals surface area contributed by atoms with Crippen LogP contribution in [-0.4, -0.2) is 18.4 Å². The molecule has 0 saturated carbocycles. The molecule has 0 aliphatic heterocycles. The maximum absolute atomic E-state index is 12.0. The number of benzene rings is 1. The molecule has 0 spiro atoms. The molecule has 1 aromatic carbocycles. The molecule has 0 bridgehead atoms. The molecule has 0 unspecified atom stereocenters. The van der Waals surface area contributed by atoms with Gasteiger partial charge in [0.2, 0.25) is 0 Å². The fraction of sp³-hybridized carbons (Fsp3) is 0.385. The second kappa shape index (κ2) is 5.00. The van der Waals surface area contributed by atoms with E-state index in [4.69, 9.17) is 4.74 Å². The highest BCUT2D eigenvalue weighted by molar-refractivity contribution is 9.10. The van der Waals surface area contributed by atoms with Crippen LogP contribution in [0, 0.1) is 0 Å². The van der Waals surface area contributed by atoms with Crippen molar-refractivity contribution in [2.75, 3.05) is 6.61 Å². The van der Waals surface area contributed by atoms with Gasteiger partial charge >= 0.3 is 5.97 Å². The van der Waals surface area contributed by atoms with Crippen LogP contribution < -0.4 is 0 Å². The van der Waals surface area contributed by atoms with Gasteiger partial charge in [-0.1, -0.05) is 15.9 Å². The number of Topliss-reactive ketones (excluding diaryl/α,β-unsaturated/α-hetero) is 1. The van der Waals surface area contributed by atoms with E-state index >= 15 is 0 Å². The SMILES string of the molecule is CCOC(=O)C(=O)c1cc(Br)cc2c1CCC2. The van der Waals surface area contributed by atoms with E-state index in [0.29, 0.717) is 5.56 Å². The fourth-order valence-electron chi connectivity index (χ4n) is 2.18. The third-order valence-corrected chi connectivity index (χ3v) is 3.34. The highest BCUT2D eigenvalue weighted by Crippen LogP contribution is 2.29. The molecule has 1 aliphatic rings. The number of carbonyl (C=O) groups excluding carboxylic acids is 2. The Morgan fingerprint density at radius 3 is 2.82 bits per heavy atom. The molecule has 1 aromatic rings. The smallest absolute Gasteiger partial charge is 0.379 e. The predicted molar refractivity (Wildman–Crippen MR) is 67.1 cm³/mol. The largest absolute Gasteiger partial charge is 0.460 e. The molecule has 4 heteroatoms. The number of ketones is 1. The van der Waals surface area contributed by atoms with Crippen LogP contribution >= 0.6 is 15.9 Å². The van der Waals surface area contributed by atoms with Gasteiger partial charge in [0.1, 0.15) is 0 Å².